The normalized spacial score (nSPS) is 10.5. The molecule has 0 spiro atoms. The largest absolute Gasteiger partial charge is 1.00 e. The van der Waals surface area contributed by atoms with Crippen LogP contribution in [-0.4, -0.2) is 13.0 Å². The van der Waals surface area contributed by atoms with Gasteiger partial charge in [-0.05, 0) is 31.0 Å². The number of aryl methyl sites for hydroxylation is 2. The van der Waals surface area contributed by atoms with Crippen molar-refractivity contribution in [2.75, 3.05) is 4.72 Å². The molecule has 14 heavy (non-hydrogen) atoms. The molecule has 0 fully saturated rings. The minimum absolute atomic E-state index is 0. The summed E-state index contributed by atoms with van der Waals surface area (Å²) in [5.41, 5.74) is 1.97. The van der Waals surface area contributed by atoms with Crippen LogP contribution < -0.4 is 34.3 Å². The van der Waals surface area contributed by atoms with Crippen LogP contribution in [0, 0.1) is 13.8 Å². The summed E-state index contributed by atoms with van der Waals surface area (Å²) in [6, 6.07) is 5.21. The molecule has 0 radical (unpaired) electrons. The third-order valence-electron chi connectivity index (χ3n) is 1.63. The maximum absolute atomic E-state index is 10.4. The summed E-state index contributed by atoms with van der Waals surface area (Å²) in [4.78, 5) is 0. The van der Waals surface area contributed by atoms with Crippen molar-refractivity contribution in [3.05, 3.63) is 29.3 Å². The second kappa shape index (κ2) is 5.14. The maximum atomic E-state index is 10.4. The van der Waals surface area contributed by atoms with E-state index in [1.54, 1.807) is 19.1 Å². The van der Waals surface area contributed by atoms with E-state index in [9.17, 15) is 13.0 Å². The standard InChI is InChI=1S/C8H11NO3S.Na/c1-6-3-4-7(2)8(5-6)9-13(10,11)12;/h3-5,9H,1-2H3,(H,10,11,12);/q;+1/p-1. The Balaban J connectivity index is 0.00000169. The Hall–Kier alpha value is -0.0700. The molecule has 1 aromatic rings. The van der Waals surface area contributed by atoms with Gasteiger partial charge in [-0.1, -0.05) is 12.1 Å². The molecule has 0 heterocycles. The molecule has 0 aliphatic rings. The van der Waals surface area contributed by atoms with E-state index in [4.69, 9.17) is 0 Å². The van der Waals surface area contributed by atoms with Gasteiger partial charge in [0, 0.05) is 0 Å². The van der Waals surface area contributed by atoms with Gasteiger partial charge in [0.15, 0.2) is 10.3 Å². The third kappa shape index (κ3) is 4.43. The minimum Gasteiger partial charge on any atom is -0.731 e. The van der Waals surface area contributed by atoms with Crippen molar-refractivity contribution in [1.29, 1.82) is 0 Å². The number of anilines is 1. The summed E-state index contributed by atoms with van der Waals surface area (Å²) in [7, 11) is -4.42. The third-order valence-corrected chi connectivity index (χ3v) is 2.10. The number of benzene rings is 1. The van der Waals surface area contributed by atoms with Crippen LogP contribution in [0.15, 0.2) is 18.2 Å². The predicted molar refractivity (Wildman–Crippen MR) is 49.2 cm³/mol. The Morgan fingerprint density at radius 2 is 1.86 bits per heavy atom. The van der Waals surface area contributed by atoms with Gasteiger partial charge in [-0.15, -0.1) is 0 Å². The molecule has 0 unspecified atom stereocenters. The molecule has 0 aliphatic carbocycles. The first-order chi connectivity index (χ1) is 5.88. The Bertz CT molecular complexity index is 417. The second-order valence-corrected chi connectivity index (χ2v) is 3.99. The number of nitrogens with one attached hydrogen (secondary N) is 1. The van der Waals surface area contributed by atoms with Crippen LogP contribution in [0.1, 0.15) is 11.1 Å². The zero-order valence-electron chi connectivity index (χ0n) is 8.37. The van der Waals surface area contributed by atoms with Gasteiger partial charge >= 0.3 is 29.6 Å². The van der Waals surface area contributed by atoms with E-state index in [0.29, 0.717) is 5.69 Å². The fourth-order valence-electron chi connectivity index (χ4n) is 0.980. The molecule has 0 saturated heterocycles. The fourth-order valence-corrected chi connectivity index (χ4v) is 1.47. The summed E-state index contributed by atoms with van der Waals surface area (Å²) in [5.74, 6) is 0. The monoisotopic (exact) mass is 223 g/mol. The zero-order valence-corrected chi connectivity index (χ0v) is 11.2. The molecule has 1 N–H and O–H groups in total. The maximum Gasteiger partial charge on any atom is 1.00 e. The second-order valence-electron chi connectivity index (χ2n) is 2.87. The Labute approximate surface area is 106 Å². The van der Waals surface area contributed by atoms with E-state index >= 15 is 0 Å². The molecule has 0 amide bonds. The van der Waals surface area contributed by atoms with Crippen molar-refractivity contribution in [1.82, 2.24) is 0 Å². The van der Waals surface area contributed by atoms with Gasteiger partial charge in [0.05, 0.1) is 5.69 Å². The molecule has 0 saturated carbocycles. The SMILES string of the molecule is Cc1ccc(C)c(NS(=O)(=O)[O-])c1.[Na+]. The topological polar surface area (TPSA) is 69.2 Å². The van der Waals surface area contributed by atoms with E-state index in [-0.39, 0.29) is 29.6 Å². The van der Waals surface area contributed by atoms with E-state index in [0.717, 1.165) is 11.1 Å². The van der Waals surface area contributed by atoms with Crippen LogP contribution in [0.4, 0.5) is 5.69 Å². The van der Waals surface area contributed by atoms with Gasteiger partial charge in [0.1, 0.15) is 0 Å². The van der Waals surface area contributed by atoms with Crippen molar-refractivity contribution in [2.45, 2.75) is 13.8 Å². The van der Waals surface area contributed by atoms with Crippen LogP contribution in [0.25, 0.3) is 0 Å². The van der Waals surface area contributed by atoms with E-state index in [1.165, 1.54) is 0 Å². The number of hydrogen-bond acceptors (Lipinski definition) is 3. The van der Waals surface area contributed by atoms with E-state index in [2.05, 4.69) is 0 Å². The van der Waals surface area contributed by atoms with Gasteiger partial charge in [-0.3, -0.25) is 4.72 Å². The quantitative estimate of drug-likeness (QED) is 0.474. The van der Waals surface area contributed by atoms with Crippen molar-refractivity contribution < 1.29 is 42.5 Å². The van der Waals surface area contributed by atoms with Gasteiger partial charge < -0.3 is 4.55 Å². The number of rotatable bonds is 2. The van der Waals surface area contributed by atoms with Crippen LogP contribution in [0.5, 0.6) is 0 Å². The molecule has 1 rings (SSSR count). The molecule has 4 nitrogen and oxygen atoms in total. The van der Waals surface area contributed by atoms with Crippen LogP contribution in [0.2, 0.25) is 0 Å². The molecule has 72 valence electrons. The van der Waals surface area contributed by atoms with Crippen LogP contribution in [0.3, 0.4) is 0 Å². The fraction of sp³-hybridized carbons (Fsp3) is 0.250. The van der Waals surface area contributed by atoms with Crippen molar-refractivity contribution in [3.8, 4) is 0 Å². The average Bonchev–Trinajstić information content (AvgIpc) is 1.94. The number of hydrogen-bond donors (Lipinski definition) is 1. The predicted octanol–water partition coefficient (Wildman–Crippen LogP) is -1.82. The van der Waals surface area contributed by atoms with Gasteiger partial charge in [0.2, 0.25) is 0 Å². The van der Waals surface area contributed by atoms with Crippen molar-refractivity contribution in [2.24, 2.45) is 0 Å². The molecule has 6 heteroatoms. The van der Waals surface area contributed by atoms with Crippen molar-refractivity contribution in [3.63, 3.8) is 0 Å². The molecule has 0 bridgehead atoms. The van der Waals surface area contributed by atoms with E-state index < -0.39 is 10.3 Å². The summed E-state index contributed by atoms with van der Waals surface area (Å²) in [5, 5.41) is 0. The molecule has 0 aliphatic heterocycles. The first-order valence-corrected chi connectivity index (χ1v) is 5.10. The first kappa shape index (κ1) is 13.9. The molecule has 0 aromatic heterocycles. The Kier molecular flexibility index (Phi) is 5.11. The van der Waals surface area contributed by atoms with Crippen molar-refractivity contribution >= 4 is 16.0 Å². The van der Waals surface area contributed by atoms with Gasteiger partial charge in [0.25, 0.3) is 0 Å². The zero-order chi connectivity index (χ0) is 10.1. The molecular formula is C8H10NNaO3S. The minimum atomic E-state index is -4.42. The van der Waals surface area contributed by atoms with Gasteiger partial charge in [-0.25, -0.2) is 8.42 Å². The van der Waals surface area contributed by atoms with Gasteiger partial charge in [-0.2, -0.15) is 0 Å². The molecular weight excluding hydrogens is 213 g/mol. The van der Waals surface area contributed by atoms with Crippen LogP contribution >= 0.6 is 0 Å². The summed E-state index contributed by atoms with van der Waals surface area (Å²) in [6.07, 6.45) is 0. The Morgan fingerprint density at radius 1 is 1.29 bits per heavy atom. The summed E-state index contributed by atoms with van der Waals surface area (Å²) >= 11 is 0. The average molecular weight is 223 g/mol. The first-order valence-electron chi connectivity index (χ1n) is 3.69. The summed E-state index contributed by atoms with van der Waals surface area (Å²) < 4.78 is 33.1. The Morgan fingerprint density at radius 3 is 2.36 bits per heavy atom. The molecule has 1 aromatic carbocycles. The van der Waals surface area contributed by atoms with Crippen LogP contribution in [-0.2, 0) is 10.3 Å². The smallest absolute Gasteiger partial charge is 0.731 e. The van der Waals surface area contributed by atoms with E-state index in [1.807, 2.05) is 17.7 Å². The molecule has 0 atom stereocenters. The summed E-state index contributed by atoms with van der Waals surface area (Å²) in [6.45, 7) is 3.55.